The Balaban J connectivity index is 1.72. The molecule has 1 atom stereocenters. The average Bonchev–Trinajstić information content (AvgIpc) is 3.02. The van der Waals surface area contributed by atoms with Gasteiger partial charge in [-0.1, -0.05) is 0 Å². The topological polar surface area (TPSA) is 68.2 Å². The van der Waals surface area contributed by atoms with Gasteiger partial charge in [-0.25, -0.2) is 9.37 Å². The zero-order valence-electron chi connectivity index (χ0n) is 11.3. The molecule has 21 heavy (non-hydrogen) atoms. The monoisotopic (exact) mass is 290 g/mol. The summed E-state index contributed by atoms with van der Waals surface area (Å²) in [6.45, 7) is 1.55. The van der Waals surface area contributed by atoms with Gasteiger partial charge >= 0.3 is 0 Å². The number of hydrogen-bond donors (Lipinski definition) is 2. The van der Waals surface area contributed by atoms with Gasteiger partial charge in [-0.3, -0.25) is 4.79 Å². The van der Waals surface area contributed by atoms with E-state index in [0.717, 1.165) is 0 Å². The average molecular weight is 290 g/mol. The fourth-order valence-corrected chi connectivity index (χ4v) is 2.16. The zero-order valence-corrected chi connectivity index (χ0v) is 11.3. The number of rotatable bonds is 3. The van der Waals surface area contributed by atoms with Crippen molar-refractivity contribution in [3.63, 3.8) is 0 Å². The van der Waals surface area contributed by atoms with E-state index in [-0.39, 0.29) is 5.91 Å². The molecule has 0 spiro atoms. The van der Waals surface area contributed by atoms with E-state index in [9.17, 15) is 9.18 Å². The molecule has 2 heterocycles. The molecule has 1 unspecified atom stereocenters. The minimum Gasteiger partial charge on any atom is -0.378 e. The number of morpholine rings is 1. The summed E-state index contributed by atoms with van der Waals surface area (Å²) in [5.74, 6) is -0.664. The van der Waals surface area contributed by atoms with Gasteiger partial charge in [0.05, 0.1) is 25.2 Å². The summed E-state index contributed by atoms with van der Waals surface area (Å²) >= 11 is 0. The van der Waals surface area contributed by atoms with E-state index in [1.165, 1.54) is 12.4 Å². The van der Waals surface area contributed by atoms with Crippen LogP contribution in [0.4, 0.5) is 10.1 Å². The lowest BCUT2D eigenvalue weighted by Crippen LogP contribution is -2.48. The first-order valence-corrected chi connectivity index (χ1v) is 6.64. The second kappa shape index (κ2) is 6.02. The maximum atomic E-state index is 14.1. The predicted octanol–water partition coefficient (Wildman–Crippen LogP) is 0.938. The number of anilines is 1. The summed E-state index contributed by atoms with van der Waals surface area (Å²) in [6.07, 6.45) is 4.74. The van der Waals surface area contributed by atoms with Gasteiger partial charge in [0.1, 0.15) is 11.9 Å². The van der Waals surface area contributed by atoms with Crippen LogP contribution >= 0.6 is 0 Å². The van der Waals surface area contributed by atoms with Crippen LogP contribution in [0, 0.1) is 5.82 Å². The second-order valence-electron chi connectivity index (χ2n) is 4.71. The van der Waals surface area contributed by atoms with E-state index in [0.29, 0.717) is 31.1 Å². The summed E-state index contributed by atoms with van der Waals surface area (Å²) in [6, 6.07) is 4.13. The maximum absolute atomic E-state index is 14.1. The molecule has 110 valence electrons. The highest BCUT2D eigenvalue weighted by molar-refractivity contribution is 5.95. The number of carbonyl (C=O) groups excluding carboxylic acids is 1. The maximum Gasteiger partial charge on any atom is 0.243 e. The first-order valence-electron chi connectivity index (χ1n) is 6.64. The van der Waals surface area contributed by atoms with E-state index in [1.807, 2.05) is 0 Å². The Morgan fingerprint density at radius 2 is 2.43 bits per heavy atom. The van der Waals surface area contributed by atoms with E-state index in [2.05, 4.69) is 15.6 Å². The summed E-state index contributed by atoms with van der Waals surface area (Å²) in [4.78, 5) is 15.9. The van der Waals surface area contributed by atoms with Crippen molar-refractivity contribution in [1.29, 1.82) is 0 Å². The Kier molecular flexibility index (Phi) is 3.94. The molecule has 0 aliphatic carbocycles. The highest BCUT2D eigenvalue weighted by Gasteiger charge is 2.21. The summed E-state index contributed by atoms with van der Waals surface area (Å²) < 4.78 is 20.9. The molecule has 0 saturated carbocycles. The van der Waals surface area contributed by atoms with Crippen molar-refractivity contribution >= 4 is 11.6 Å². The fourth-order valence-electron chi connectivity index (χ4n) is 2.16. The second-order valence-corrected chi connectivity index (χ2v) is 4.71. The molecular formula is C14H15FN4O2. The van der Waals surface area contributed by atoms with Crippen LogP contribution in [0.25, 0.3) is 5.69 Å². The third-order valence-electron chi connectivity index (χ3n) is 3.24. The third kappa shape index (κ3) is 3.09. The number of aromatic nitrogens is 2. The number of halogens is 1. The first-order chi connectivity index (χ1) is 10.2. The van der Waals surface area contributed by atoms with E-state index >= 15 is 0 Å². The van der Waals surface area contributed by atoms with E-state index in [4.69, 9.17) is 4.74 Å². The molecule has 7 heteroatoms. The molecule has 2 N–H and O–H groups in total. The number of amides is 1. The van der Waals surface area contributed by atoms with Crippen molar-refractivity contribution in [2.45, 2.75) is 6.04 Å². The SMILES string of the molecule is O=C(Nc1ccc(-n2ccnc2)c(F)c1)C1COCCN1. The molecule has 1 amide bonds. The lowest BCUT2D eigenvalue weighted by Gasteiger charge is -2.23. The molecule has 0 bridgehead atoms. The van der Waals surface area contributed by atoms with Crippen LogP contribution in [0.15, 0.2) is 36.9 Å². The Hall–Kier alpha value is -2.25. The van der Waals surface area contributed by atoms with Crippen LogP contribution in [0.5, 0.6) is 0 Å². The van der Waals surface area contributed by atoms with Gasteiger partial charge in [0, 0.05) is 24.6 Å². The van der Waals surface area contributed by atoms with Gasteiger partial charge in [0.2, 0.25) is 5.91 Å². The third-order valence-corrected chi connectivity index (χ3v) is 3.24. The van der Waals surface area contributed by atoms with Gasteiger partial charge in [-0.05, 0) is 18.2 Å². The number of hydrogen-bond acceptors (Lipinski definition) is 4. The normalized spacial score (nSPS) is 18.4. The number of nitrogens with one attached hydrogen (secondary N) is 2. The van der Waals surface area contributed by atoms with Crippen molar-refractivity contribution in [2.75, 3.05) is 25.1 Å². The molecule has 3 rings (SSSR count). The van der Waals surface area contributed by atoms with Crippen LogP contribution < -0.4 is 10.6 Å². The molecule has 0 radical (unpaired) electrons. The summed E-state index contributed by atoms with van der Waals surface area (Å²) in [5.41, 5.74) is 0.790. The fraction of sp³-hybridized carbons (Fsp3) is 0.286. The van der Waals surface area contributed by atoms with Crippen molar-refractivity contribution < 1.29 is 13.9 Å². The Labute approximate surface area is 120 Å². The molecule has 6 nitrogen and oxygen atoms in total. The quantitative estimate of drug-likeness (QED) is 0.883. The van der Waals surface area contributed by atoms with Crippen molar-refractivity contribution in [3.8, 4) is 5.69 Å². The minimum absolute atomic E-state index is 0.232. The summed E-state index contributed by atoms with van der Waals surface area (Å²) in [5, 5.41) is 5.72. The lowest BCUT2D eigenvalue weighted by molar-refractivity contribution is -0.120. The molecule has 2 aromatic rings. The number of nitrogens with zero attached hydrogens (tertiary/aromatic N) is 2. The number of imidazole rings is 1. The molecule has 1 saturated heterocycles. The molecule has 1 aromatic carbocycles. The molecular weight excluding hydrogens is 275 g/mol. The van der Waals surface area contributed by atoms with Gasteiger partial charge in [0.15, 0.2) is 0 Å². The van der Waals surface area contributed by atoms with Gasteiger partial charge in [-0.2, -0.15) is 0 Å². The standard InChI is InChI=1S/C14H15FN4O2/c15-11-7-10(1-2-13(11)19-5-3-16-9-19)18-14(20)12-8-21-6-4-17-12/h1-3,5,7,9,12,17H,4,6,8H2,(H,18,20). The minimum atomic E-state index is -0.432. The smallest absolute Gasteiger partial charge is 0.243 e. The lowest BCUT2D eigenvalue weighted by atomic mass is 10.2. The Morgan fingerprint density at radius 3 is 3.10 bits per heavy atom. The van der Waals surface area contributed by atoms with Gasteiger partial charge in [-0.15, -0.1) is 0 Å². The molecule has 1 aromatic heterocycles. The molecule has 1 aliphatic rings. The van der Waals surface area contributed by atoms with E-state index < -0.39 is 11.9 Å². The Bertz CT molecular complexity index is 624. The zero-order chi connectivity index (χ0) is 14.7. The Morgan fingerprint density at radius 1 is 1.52 bits per heavy atom. The molecule has 1 fully saturated rings. The van der Waals surface area contributed by atoms with Crippen LogP contribution in [0.3, 0.4) is 0 Å². The highest BCUT2D eigenvalue weighted by atomic mass is 19.1. The van der Waals surface area contributed by atoms with Crippen molar-refractivity contribution in [2.24, 2.45) is 0 Å². The van der Waals surface area contributed by atoms with Crippen LogP contribution in [-0.2, 0) is 9.53 Å². The van der Waals surface area contributed by atoms with Crippen molar-refractivity contribution in [3.05, 3.63) is 42.7 Å². The van der Waals surface area contributed by atoms with Gasteiger partial charge in [0.25, 0.3) is 0 Å². The van der Waals surface area contributed by atoms with Crippen LogP contribution in [0.2, 0.25) is 0 Å². The predicted molar refractivity (Wildman–Crippen MR) is 74.8 cm³/mol. The van der Waals surface area contributed by atoms with Crippen molar-refractivity contribution in [1.82, 2.24) is 14.9 Å². The van der Waals surface area contributed by atoms with Crippen LogP contribution in [-0.4, -0.2) is 41.3 Å². The first kappa shape index (κ1) is 13.7. The molecule has 1 aliphatic heterocycles. The van der Waals surface area contributed by atoms with E-state index in [1.54, 1.807) is 29.1 Å². The highest BCUT2D eigenvalue weighted by Crippen LogP contribution is 2.18. The largest absolute Gasteiger partial charge is 0.378 e. The van der Waals surface area contributed by atoms with Gasteiger partial charge < -0.3 is 19.9 Å². The number of benzene rings is 1. The summed E-state index contributed by atoms with van der Waals surface area (Å²) in [7, 11) is 0. The number of carbonyl (C=O) groups is 1. The number of ether oxygens (including phenoxy) is 1. The van der Waals surface area contributed by atoms with Crippen LogP contribution in [0.1, 0.15) is 0 Å².